The van der Waals surface area contributed by atoms with Crippen LogP contribution in [0.25, 0.3) is 0 Å². The minimum atomic E-state index is -0.912. The number of nitrogens with one attached hydrogen (secondary N) is 2. The molecule has 2 N–H and O–H groups in total. The topological polar surface area (TPSA) is 41.1 Å². The summed E-state index contributed by atoms with van der Waals surface area (Å²) >= 11 is 0. The van der Waals surface area contributed by atoms with E-state index in [1.807, 2.05) is 0 Å². The molecule has 0 bridgehead atoms. The van der Waals surface area contributed by atoms with Crippen LogP contribution < -0.4 is 10.6 Å². The summed E-state index contributed by atoms with van der Waals surface area (Å²) in [5, 5.41) is 5.66. The van der Waals surface area contributed by atoms with Crippen LogP contribution >= 0.6 is 0 Å². The van der Waals surface area contributed by atoms with Gasteiger partial charge in [0.25, 0.3) is 0 Å². The van der Waals surface area contributed by atoms with E-state index < -0.39 is 17.2 Å². The van der Waals surface area contributed by atoms with E-state index in [1.165, 1.54) is 6.07 Å². The van der Waals surface area contributed by atoms with Gasteiger partial charge in [-0.1, -0.05) is 6.07 Å². The summed E-state index contributed by atoms with van der Waals surface area (Å²) < 4.78 is 26.0. The van der Waals surface area contributed by atoms with Crippen molar-refractivity contribution in [3.8, 4) is 0 Å². The number of benzene rings is 1. The first-order chi connectivity index (χ1) is 8.36. The van der Waals surface area contributed by atoms with Crippen molar-refractivity contribution in [2.75, 3.05) is 13.6 Å². The van der Waals surface area contributed by atoms with Crippen LogP contribution in [0.4, 0.5) is 8.78 Å². The molecule has 100 valence electrons. The van der Waals surface area contributed by atoms with Crippen molar-refractivity contribution < 1.29 is 13.6 Å². The monoisotopic (exact) mass is 256 g/mol. The predicted octanol–water partition coefficient (Wildman–Crippen LogP) is 1.93. The zero-order valence-corrected chi connectivity index (χ0v) is 10.8. The zero-order valence-electron chi connectivity index (χ0n) is 10.8. The third-order valence-electron chi connectivity index (χ3n) is 2.70. The van der Waals surface area contributed by atoms with Crippen molar-refractivity contribution in [3.63, 3.8) is 0 Å². The Morgan fingerprint density at radius 3 is 2.50 bits per heavy atom. The van der Waals surface area contributed by atoms with Crippen LogP contribution in [0.3, 0.4) is 0 Å². The largest absolute Gasteiger partial charge is 0.347 e. The minimum Gasteiger partial charge on any atom is -0.347 e. The van der Waals surface area contributed by atoms with E-state index in [0.717, 1.165) is 12.1 Å². The van der Waals surface area contributed by atoms with Gasteiger partial charge >= 0.3 is 0 Å². The van der Waals surface area contributed by atoms with Gasteiger partial charge in [0.15, 0.2) is 11.6 Å². The SMILES string of the molecule is CNCCC(=O)NC(C)(C)c1ccc(F)c(F)c1. The average Bonchev–Trinajstić information content (AvgIpc) is 2.29. The minimum absolute atomic E-state index is 0.140. The summed E-state index contributed by atoms with van der Waals surface area (Å²) in [6.07, 6.45) is 0.337. The number of rotatable bonds is 5. The maximum absolute atomic E-state index is 13.2. The van der Waals surface area contributed by atoms with Gasteiger partial charge in [0.05, 0.1) is 5.54 Å². The molecular formula is C13H18F2N2O. The molecule has 1 rings (SSSR count). The van der Waals surface area contributed by atoms with Crippen LogP contribution in [0.2, 0.25) is 0 Å². The van der Waals surface area contributed by atoms with Crippen molar-refractivity contribution in [1.29, 1.82) is 0 Å². The lowest BCUT2D eigenvalue weighted by atomic mass is 9.94. The number of hydrogen-bond donors (Lipinski definition) is 2. The third kappa shape index (κ3) is 3.77. The smallest absolute Gasteiger partial charge is 0.221 e. The van der Waals surface area contributed by atoms with Gasteiger partial charge in [-0.3, -0.25) is 4.79 Å². The molecule has 0 heterocycles. The summed E-state index contributed by atoms with van der Waals surface area (Å²) in [5.74, 6) is -1.94. The first-order valence-electron chi connectivity index (χ1n) is 5.78. The number of halogens is 2. The third-order valence-corrected chi connectivity index (χ3v) is 2.70. The Balaban J connectivity index is 2.78. The first kappa shape index (κ1) is 14.6. The second-order valence-electron chi connectivity index (χ2n) is 4.66. The Morgan fingerprint density at radius 1 is 1.28 bits per heavy atom. The van der Waals surface area contributed by atoms with Gasteiger partial charge in [-0.2, -0.15) is 0 Å². The maximum Gasteiger partial charge on any atom is 0.221 e. The molecule has 5 heteroatoms. The van der Waals surface area contributed by atoms with Crippen molar-refractivity contribution in [2.45, 2.75) is 25.8 Å². The van der Waals surface area contributed by atoms with E-state index >= 15 is 0 Å². The second-order valence-corrected chi connectivity index (χ2v) is 4.66. The molecule has 18 heavy (non-hydrogen) atoms. The zero-order chi connectivity index (χ0) is 13.8. The van der Waals surface area contributed by atoms with Crippen LogP contribution in [-0.4, -0.2) is 19.5 Å². The van der Waals surface area contributed by atoms with Crippen LogP contribution in [0.1, 0.15) is 25.8 Å². The van der Waals surface area contributed by atoms with Gasteiger partial charge in [-0.25, -0.2) is 8.78 Å². The maximum atomic E-state index is 13.2. The lowest BCUT2D eigenvalue weighted by molar-refractivity contribution is -0.122. The summed E-state index contributed by atoms with van der Waals surface area (Å²) in [7, 11) is 1.76. The molecule has 1 aromatic carbocycles. The molecule has 0 radical (unpaired) electrons. The lowest BCUT2D eigenvalue weighted by Crippen LogP contribution is -2.41. The number of carbonyl (C=O) groups is 1. The fourth-order valence-corrected chi connectivity index (χ4v) is 1.61. The van der Waals surface area contributed by atoms with Crippen molar-refractivity contribution in [2.24, 2.45) is 0 Å². The Labute approximate surface area is 106 Å². The van der Waals surface area contributed by atoms with Gasteiger partial charge in [0.1, 0.15) is 0 Å². The first-order valence-corrected chi connectivity index (χ1v) is 5.78. The van der Waals surface area contributed by atoms with E-state index in [-0.39, 0.29) is 5.91 Å². The molecule has 0 unspecified atom stereocenters. The lowest BCUT2D eigenvalue weighted by Gasteiger charge is -2.27. The second kappa shape index (κ2) is 5.91. The number of amides is 1. The van der Waals surface area contributed by atoms with Crippen LogP contribution in [-0.2, 0) is 10.3 Å². The average molecular weight is 256 g/mol. The standard InChI is InChI=1S/C13H18F2N2O/c1-13(2,17-12(18)6-7-16-3)9-4-5-10(14)11(15)8-9/h4-5,8,16H,6-7H2,1-3H3,(H,17,18). The van der Waals surface area contributed by atoms with E-state index in [9.17, 15) is 13.6 Å². The molecule has 0 saturated heterocycles. The molecule has 0 spiro atoms. The van der Waals surface area contributed by atoms with Gasteiger partial charge in [-0.05, 0) is 38.6 Å². The highest BCUT2D eigenvalue weighted by molar-refractivity contribution is 5.77. The summed E-state index contributed by atoms with van der Waals surface area (Å²) in [5.41, 5.74) is -0.210. The number of carbonyl (C=O) groups excluding carboxylic acids is 1. The highest BCUT2D eigenvalue weighted by Gasteiger charge is 2.23. The molecule has 3 nitrogen and oxygen atoms in total. The fourth-order valence-electron chi connectivity index (χ4n) is 1.61. The molecule has 0 saturated carbocycles. The summed E-state index contributed by atoms with van der Waals surface area (Å²) in [6, 6.07) is 3.64. The Bertz CT molecular complexity index is 433. The summed E-state index contributed by atoms with van der Waals surface area (Å²) in [6.45, 7) is 4.06. The fraction of sp³-hybridized carbons (Fsp3) is 0.462. The Morgan fingerprint density at radius 2 is 1.94 bits per heavy atom. The number of hydrogen-bond acceptors (Lipinski definition) is 2. The van der Waals surface area contributed by atoms with Gasteiger partial charge in [-0.15, -0.1) is 0 Å². The molecule has 0 aliphatic heterocycles. The van der Waals surface area contributed by atoms with Crippen LogP contribution in [0.5, 0.6) is 0 Å². The van der Waals surface area contributed by atoms with E-state index in [4.69, 9.17) is 0 Å². The quantitative estimate of drug-likeness (QED) is 0.845. The Kier molecular flexibility index (Phi) is 4.78. The van der Waals surface area contributed by atoms with E-state index in [2.05, 4.69) is 10.6 Å². The molecule has 0 atom stereocenters. The van der Waals surface area contributed by atoms with Crippen LogP contribution in [0.15, 0.2) is 18.2 Å². The van der Waals surface area contributed by atoms with Crippen molar-refractivity contribution >= 4 is 5.91 Å². The Hall–Kier alpha value is -1.49. The normalized spacial score (nSPS) is 11.4. The molecule has 0 aliphatic carbocycles. The van der Waals surface area contributed by atoms with Gasteiger partial charge in [0.2, 0.25) is 5.91 Å². The van der Waals surface area contributed by atoms with Gasteiger partial charge in [0, 0.05) is 13.0 Å². The molecule has 1 amide bonds. The summed E-state index contributed by atoms with van der Waals surface area (Å²) in [4.78, 5) is 11.6. The molecule has 0 aliphatic rings. The van der Waals surface area contributed by atoms with E-state index in [0.29, 0.717) is 18.5 Å². The molecule has 0 aromatic heterocycles. The predicted molar refractivity (Wildman–Crippen MR) is 66.1 cm³/mol. The van der Waals surface area contributed by atoms with Gasteiger partial charge < -0.3 is 10.6 Å². The molecule has 1 aromatic rings. The van der Waals surface area contributed by atoms with E-state index in [1.54, 1.807) is 20.9 Å². The van der Waals surface area contributed by atoms with Crippen LogP contribution in [0, 0.1) is 11.6 Å². The van der Waals surface area contributed by atoms with Crippen molar-refractivity contribution in [1.82, 2.24) is 10.6 Å². The highest BCUT2D eigenvalue weighted by atomic mass is 19.2. The molecule has 0 fully saturated rings. The highest BCUT2D eigenvalue weighted by Crippen LogP contribution is 2.22. The van der Waals surface area contributed by atoms with Crippen molar-refractivity contribution in [3.05, 3.63) is 35.4 Å². The molecular weight excluding hydrogens is 238 g/mol.